The van der Waals surface area contributed by atoms with Gasteiger partial charge in [-0.05, 0) is 36.6 Å². The SMILES string of the molecule is Nn1c(S[C@@H](C(=O)N2CCCC2)c2ccccc2)nnc1-c1cc(Cl)ccc1Cl. The van der Waals surface area contributed by atoms with Gasteiger partial charge in [0.05, 0.1) is 5.02 Å². The lowest BCUT2D eigenvalue weighted by Crippen LogP contribution is -2.31. The topological polar surface area (TPSA) is 77.0 Å². The highest BCUT2D eigenvalue weighted by Crippen LogP contribution is 2.38. The lowest BCUT2D eigenvalue weighted by Gasteiger charge is -2.22. The number of hydrogen-bond donors (Lipinski definition) is 1. The molecule has 0 spiro atoms. The predicted octanol–water partition coefficient (Wildman–Crippen LogP) is 4.42. The third kappa shape index (κ3) is 4.22. The first-order chi connectivity index (χ1) is 14.0. The fourth-order valence-electron chi connectivity index (χ4n) is 3.31. The minimum absolute atomic E-state index is 0.0593. The van der Waals surface area contributed by atoms with Crippen LogP contribution >= 0.6 is 35.0 Å². The lowest BCUT2D eigenvalue weighted by atomic mass is 10.1. The van der Waals surface area contributed by atoms with Gasteiger partial charge in [-0.15, -0.1) is 10.2 Å². The molecule has 150 valence electrons. The molecule has 0 unspecified atom stereocenters. The average Bonchev–Trinajstić information content (AvgIpc) is 3.39. The van der Waals surface area contributed by atoms with E-state index < -0.39 is 5.25 Å². The molecule has 4 rings (SSSR count). The van der Waals surface area contributed by atoms with Gasteiger partial charge in [-0.25, -0.2) is 4.68 Å². The molecule has 29 heavy (non-hydrogen) atoms. The van der Waals surface area contributed by atoms with Gasteiger partial charge in [-0.3, -0.25) is 4.79 Å². The van der Waals surface area contributed by atoms with Crippen molar-refractivity contribution in [3.63, 3.8) is 0 Å². The van der Waals surface area contributed by atoms with Crippen molar-refractivity contribution in [2.75, 3.05) is 18.9 Å². The van der Waals surface area contributed by atoms with Crippen molar-refractivity contribution in [2.24, 2.45) is 0 Å². The molecule has 9 heteroatoms. The van der Waals surface area contributed by atoms with Crippen LogP contribution in [0.5, 0.6) is 0 Å². The van der Waals surface area contributed by atoms with Crippen LogP contribution in [0.3, 0.4) is 0 Å². The molecule has 0 saturated carbocycles. The molecule has 0 bridgehead atoms. The number of halogens is 2. The number of likely N-dealkylation sites (tertiary alicyclic amines) is 1. The Labute approximate surface area is 183 Å². The molecule has 1 fully saturated rings. The van der Waals surface area contributed by atoms with E-state index in [0.717, 1.165) is 31.5 Å². The summed E-state index contributed by atoms with van der Waals surface area (Å²) in [6, 6.07) is 14.7. The third-order valence-electron chi connectivity index (χ3n) is 4.80. The lowest BCUT2D eigenvalue weighted by molar-refractivity contribution is -0.129. The molecule has 1 aliphatic heterocycles. The Morgan fingerprint density at radius 2 is 1.79 bits per heavy atom. The van der Waals surface area contributed by atoms with Crippen LogP contribution < -0.4 is 5.84 Å². The summed E-state index contributed by atoms with van der Waals surface area (Å²) in [5.74, 6) is 6.73. The molecule has 3 aromatic rings. The summed E-state index contributed by atoms with van der Waals surface area (Å²) in [6.45, 7) is 1.56. The number of aromatic nitrogens is 3. The van der Waals surface area contributed by atoms with Gasteiger partial charge in [0.15, 0.2) is 5.82 Å². The first kappa shape index (κ1) is 20.1. The number of hydrogen-bond acceptors (Lipinski definition) is 5. The smallest absolute Gasteiger partial charge is 0.240 e. The van der Waals surface area contributed by atoms with Crippen molar-refractivity contribution in [1.29, 1.82) is 0 Å². The van der Waals surface area contributed by atoms with E-state index in [1.54, 1.807) is 18.2 Å². The van der Waals surface area contributed by atoms with Crippen LogP contribution in [0.1, 0.15) is 23.7 Å². The van der Waals surface area contributed by atoms with E-state index in [9.17, 15) is 4.79 Å². The fourth-order valence-corrected chi connectivity index (χ4v) is 4.72. The summed E-state index contributed by atoms with van der Waals surface area (Å²) in [5, 5.41) is 9.37. The number of nitrogens with zero attached hydrogens (tertiary/aromatic N) is 4. The van der Waals surface area contributed by atoms with E-state index in [0.29, 0.717) is 26.6 Å². The standard InChI is InChI=1S/C20H19Cl2N5OS/c21-14-8-9-16(22)15(12-14)18-24-25-20(27(18)23)29-17(13-6-2-1-3-7-13)19(28)26-10-4-5-11-26/h1-3,6-9,12,17H,4-5,10-11,23H2/t17-/m1/s1. The molecular formula is C20H19Cl2N5OS. The summed E-state index contributed by atoms with van der Waals surface area (Å²) in [7, 11) is 0. The molecule has 6 nitrogen and oxygen atoms in total. The number of nitrogens with two attached hydrogens (primary N) is 1. The van der Waals surface area contributed by atoms with Gasteiger partial charge in [0.1, 0.15) is 5.25 Å². The van der Waals surface area contributed by atoms with Crippen LogP contribution in [0.4, 0.5) is 0 Å². The maximum absolute atomic E-state index is 13.2. The highest BCUT2D eigenvalue weighted by Gasteiger charge is 2.30. The van der Waals surface area contributed by atoms with Gasteiger partial charge in [0.25, 0.3) is 0 Å². The molecule has 1 aliphatic rings. The maximum atomic E-state index is 13.2. The van der Waals surface area contributed by atoms with Gasteiger partial charge in [0, 0.05) is 23.7 Å². The Morgan fingerprint density at radius 3 is 2.52 bits per heavy atom. The second kappa shape index (κ2) is 8.65. The number of nitrogen functional groups attached to an aromatic ring is 1. The number of benzene rings is 2. The highest BCUT2D eigenvalue weighted by atomic mass is 35.5. The molecule has 1 aromatic heterocycles. The van der Waals surface area contributed by atoms with E-state index in [4.69, 9.17) is 29.0 Å². The second-order valence-corrected chi connectivity index (χ2v) is 8.66. The molecule has 1 saturated heterocycles. The number of thioether (sulfide) groups is 1. The minimum atomic E-state index is -0.455. The van der Waals surface area contributed by atoms with Gasteiger partial charge < -0.3 is 10.7 Å². The van der Waals surface area contributed by atoms with E-state index in [2.05, 4.69) is 10.2 Å². The molecular weight excluding hydrogens is 429 g/mol. The van der Waals surface area contributed by atoms with Crippen molar-refractivity contribution < 1.29 is 4.79 Å². The number of rotatable bonds is 5. The van der Waals surface area contributed by atoms with E-state index in [-0.39, 0.29) is 5.91 Å². The van der Waals surface area contributed by atoms with Gasteiger partial charge >= 0.3 is 0 Å². The van der Waals surface area contributed by atoms with Crippen LogP contribution in [0, 0.1) is 0 Å². The molecule has 2 N–H and O–H groups in total. The quantitative estimate of drug-likeness (QED) is 0.462. The van der Waals surface area contributed by atoms with Crippen molar-refractivity contribution in [3.05, 3.63) is 64.1 Å². The summed E-state index contributed by atoms with van der Waals surface area (Å²) in [5.41, 5.74) is 1.49. The number of amides is 1. The zero-order valence-corrected chi connectivity index (χ0v) is 17.8. The van der Waals surface area contributed by atoms with E-state index >= 15 is 0 Å². The van der Waals surface area contributed by atoms with Crippen molar-refractivity contribution in [3.8, 4) is 11.4 Å². The van der Waals surface area contributed by atoms with Crippen LogP contribution in [0.15, 0.2) is 53.7 Å². The highest BCUT2D eigenvalue weighted by molar-refractivity contribution is 8.00. The molecule has 2 aromatic carbocycles. The maximum Gasteiger partial charge on any atom is 0.240 e. The largest absolute Gasteiger partial charge is 0.341 e. The molecule has 1 atom stereocenters. The molecule has 2 heterocycles. The summed E-state index contributed by atoms with van der Waals surface area (Å²) in [6.07, 6.45) is 2.06. The van der Waals surface area contributed by atoms with Gasteiger partial charge in [-0.1, -0.05) is 65.3 Å². The van der Waals surface area contributed by atoms with Crippen molar-refractivity contribution in [2.45, 2.75) is 23.2 Å². The van der Waals surface area contributed by atoms with Crippen LogP contribution in [-0.4, -0.2) is 38.8 Å². The Morgan fingerprint density at radius 1 is 1.07 bits per heavy atom. The zero-order chi connectivity index (χ0) is 20.4. The van der Waals surface area contributed by atoms with Crippen molar-refractivity contribution >= 4 is 40.9 Å². The van der Waals surface area contributed by atoms with Crippen LogP contribution in [0.2, 0.25) is 10.0 Å². The zero-order valence-electron chi connectivity index (χ0n) is 15.5. The Kier molecular flexibility index (Phi) is 5.99. The minimum Gasteiger partial charge on any atom is -0.341 e. The number of carbonyl (C=O) groups excluding carboxylic acids is 1. The normalized spacial score (nSPS) is 14.9. The monoisotopic (exact) mass is 447 g/mol. The Hall–Kier alpha value is -2.22. The van der Waals surface area contributed by atoms with Gasteiger partial charge in [-0.2, -0.15) is 0 Å². The average molecular weight is 448 g/mol. The molecule has 1 amide bonds. The number of carbonyl (C=O) groups is 1. The van der Waals surface area contributed by atoms with Crippen LogP contribution in [0.25, 0.3) is 11.4 Å². The van der Waals surface area contributed by atoms with E-state index in [1.165, 1.54) is 16.4 Å². The van der Waals surface area contributed by atoms with Gasteiger partial charge in [0.2, 0.25) is 11.1 Å². The second-order valence-electron chi connectivity index (χ2n) is 6.74. The summed E-state index contributed by atoms with van der Waals surface area (Å²) >= 11 is 13.7. The third-order valence-corrected chi connectivity index (χ3v) is 6.56. The van der Waals surface area contributed by atoms with Crippen LogP contribution in [-0.2, 0) is 4.79 Å². The Balaban J connectivity index is 1.67. The molecule has 0 radical (unpaired) electrons. The van der Waals surface area contributed by atoms with Crippen molar-refractivity contribution in [1.82, 2.24) is 19.8 Å². The predicted molar refractivity (Wildman–Crippen MR) is 116 cm³/mol. The first-order valence-corrected chi connectivity index (χ1v) is 10.8. The Bertz CT molecular complexity index is 1020. The van der Waals surface area contributed by atoms with E-state index in [1.807, 2.05) is 35.2 Å². The summed E-state index contributed by atoms with van der Waals surface area (Å²) in [4.78, 5) is 15.1. The fraction of sp³-hybridized carbons (Fsp3) is 0.250. The molecule has 0 aliphatic carbocycles. The first-order valence-electron chi connectivity index (χ1n) is 9.21. The summed E-state index contributed by atoms with van der Waals surface area (Å²) < 4.78 is 1.36.